The smallest absolute Gasteiger partial charge is 0.273 e. The van der Waals surface area contributed by atoms with Gasteiger partial charge in [-0.15, -0.1) is 0 Å². The second-order valence-corrected chi connectivity index (χ2v) is 12.7. The second kappa shape index (κ2) is 22.5. The highest BCUT2D eigenvalue weighted by atomic mass is 16.3. The molecule has 10 nitrogen and oxygen atoms in total. The fraction of sp³-hybridized carbons (Fsp3) is 0.579. The minimum atomic E-state index is -0.802. The summed E-state index contributed by atoms with van der Waals surface area (Å²) in [5.74, 6) is -4.35. The third kappa shape index (κ3) is 13.6. The third-order valence-corrected chi connectivity index (χ3v) is 8.82. The van der Waals surface area contributed by atoms with Crippen LogP contribution in [0.15, 0.2) is 36.4 Å². The van der Waals surface area contributed by atoms with E-state index in [4.69, 9.17) is 0 Å². The average Bonchev–Trinajstić information content (AvgIpc) is 3.07. The van der Waals surface area contributed by atoms with Crippen molar-refractivity contribution < 1.29 is 29.4 Å². The van der Waals surface area contributed by atoms with Gasteiger partial charge < -0.3 is 10.2 Å². The summed E-state index contributed by atoms with van der Waals surface area (Å²) in [6.07, 6.45) is 14.7. The van der Waals surface area contributed by atoms with Gasteiger partial charge >= 0.3 is 0 Å². The van der Waals surface area contributed by atoms with Crippen LogP contribution in [-0.4, -0.2) is 33.8 Å². The molecule has 6 N–H and O–H groups in total. The van der Waals surface area contributed by atoms with Gasteiger partial charge in [0.25, 0.3) is 11.8 Å². The van der Waals surface area contributed by atoms with E-state index in [1.807, 2.05) is 0 Å². The van der Waals surface area contributed by atoms with E-state index < -0.39 is 35.5 Å². The molecular formula is C38H58N4O6. The van der Waals surface area contributed by atoms with Gasteiger partial charge in [0.05, 0.1) is 23.0 Å². The van der Waals surface area contributed by atoms with E-state index in [1.54, 1.807) is 31.2 Å². The maximum absolute atomic E-state index is 13.4. The summed E-state index contributed by atoms with van der Waals surface area (Å²) in [5.41, 5.74) is 11.6. The average molecular weight is 667 g/mol. The number of benzene rings is 2. The molecule has 0 fully saturated rings. The molecule has 10 heteroatoms. The van der Waals surface area contributed by atoms with Crippen LogP contribution in [-0.2, 0) is 22.4 Å². The van der Waals surface area contributed by atoms with Crippen LogP contribution in [0.1, 0.15) is 149 Å². The molecule has 2 atom stereocenters. The molecular weight excluding hydrogens is 608 g/mol. The Morgan fingerprint density at radius 1 is 0.542 bits per heavy atom. The van der Waals surface area contributed by atoms with E-state index in [2.05, 4.69) is 42.5 Å². The molecule has 0 saturated carbocycles. The van der Waals surface area contributed by atoms with Crippen molar-refractivity contribution in [3.63, 3.8) is 0 Å². The molecule has 2 unspecified atom stereocenters. The van der Waals surface area contributed by atoms with Crippen molar-refractivity contribution in [2.24, 2.45) is 11.8 Å². The Morgan fingerprint density at radius 3 is 1.35 bits per heavy atom. The van der Waals surface area contributed by atoms with Crippen LogP contribution in [0.4, 0.5) is 0 Å². The first-order chi connectivity index (χ1) is 23.2. The van der Waals surface area contributed by atoms with Gasteiger partial charge in [0.1, 0.15) is 11.5 Å². The molecule has 0 aliphatic carbocycles. The van der Waals surface area contributed by atoms with Crippen LogP contribution >= 0.6 is 0 Å². The Labute approximate surface area is 286 Å². The number of carbonyl (C=O) groups is 4. The number of hydrogen-bond donors (Lipinski definition) is 6. The Hall–Kier alpha value is -4.08. The first kappa shape index (κ1) is 40.1. The van der Waals surface area contributed by atoms with Crippen LogP contribution in [0.5, 0.6) is 11.5 Å². The Morgan fingerprint density at radius 2 is 0.958 bits per heavy atom. The summed E-state index contributed by atoms with van der Waals surface area (Å²) in [6.45, 7) is 8.16. The highest BCUT2D eigenvalue weighted by Crippen LogP contribution is 2.25. The lowest BCUT2D eigenvalue weighted by Gasteiger charge is -2.25. The van der Waals surface area contributed by atoms with Crippen molar-refractivity contribution in [3.8, 4) is 11.5 Å². The van der Waals surface area contributed by atoms with Gasteiger partial charge in [-0.05, 0) is 73.9 Å². The molecule has 48 heavy (non-hydrogen) atoms. The van der Waals surface area contributed by atoms with Crippen molar-refractivity contribution in [2.45, 2.75) is 130 Å². The zero-order chi connectivity index (χ0) is 35.3. The number of nitrogens with one attached hydrogen (secondary N) is 4. The maximum atomic E-state index is 13.4. The van der Waals surface area contributed by atoms with Crippen molar-refractivity contribution in [2.75, 3.05) is 0 Å². The van der Waals surface area contributed by atoms with Gasteiger partial charge in [-0.1, -0.05) is 104 Å². The summed E-state index contributed by atoms with van der Waals surface area (Å²) in [6, 6.07) is 9.82. The normalized spacial score (nSPS) is 12.2. The van der Waals surface area contributed by atoms with Gasteiger partial charge in [0.15, 0.2) is 0 Å². The minimum absolute atomic E-state index is 0.0324. The SMILES string of the molecule is CCCCCCc1ccc(C(=O)NNC(=O)C(CC)C(CCCCCC)C(=O)NNC(=O)c2ccc(CCCCCC)cc2O)c(O)c1. The molecule has 0 aromatic heterocycles. The van der Waals surface area contributed by atoms with Crippen LogP contribution in [0.2, 0.25) is 0 Å². The lowest BCUT2D eigenvalue weighted by molar-refractivity contribution is -0.136. The summed E-state index contributed by atoms with van der Waals surface area (Å²) in [7, 11) is 0. The number of phenolic OH excluding ortho intramolecular Hbond substituents is 2. The molecule has 0 aliphatic heterocycles. The third-order valence-electron chi connectivity index (χ3n) is 8.82. The van der Waals surface area contributed by atoms with E-state index in [9.17, 15) is 29.4 Å². The van der Waals surface area contributed by atoms with Gasteiger partial charge in [-0.2, -0.15) is 0 Å². The molecule has 2 rings (SSSR count). The Bertz CT molecular complexity index is 1310. The van der Waals surface area contributed by atoms with Crippen molar-refractivity contribution in [1.82, 2.24) is 21.7 Å². The standard InChI is InChI=1S/C38H58N4O6/c1-5-9-12-15-18-27-21-23-31(33(43)25-27)37(47)41-39-35(45)29(8-4)30(20-17-14-11-7-3)36(46)40-42-38(48)32-24-22-28(26-34(32)44)19-16-13-10-6-2/h21-26,29-30,43-44H,5-20H2,1-4H3,(H,39,45)(H,40,46)(H,41,47)(H,42,48). The Kier molecular flexibility index (Phi) is 18.8. The van der Waals surface area contributed by atoms with E-state index >= 15 is 0 Å². The molecule has 0 radical (unpaired) electrons. The predicted octanol–water partition coefficient (Wildman–Crippen LogP) is 7.18. The van der Waals surface area contributed by atoms with Gasteiger partial charge in [-0.3, -0.25) is 40.9 Å². The van der Waals surface area contributed by atoms with Crippen LogP contribution in [0.3, 0.4) is 0 Å². The van der Waals surface area contributed by atoms with Crippen molar-refractivity contribution in [3.05, 3.63) is 58.7 Å². The van der Waals surface area contributed by atoms with E-state index in [1.165, 1.54) is 12.1 Å². The number of rotatable bonds is 21. The highest BCUT2D eigenvalue weighted by molar-refractivity contribution is 5.99. The summed E-state index contributed by atoms with van der Waals surface area (Å²) >= 11 is 0. The lowest BCUT2D eigenvalue weighted by atomic mass is 9.84. The maximum Gasteiger partial charge on any atom is 0.273 e. The molecule has 0 aliphatic rings. The number of aryl methyl sites for hydroxylation is 2. The quantitative estimate of drug-likeness (QED) is 0.0612. The van der Waals surface area contributed by atoms with Gasteiger partial charge in [-0.25, -0.2) is 0 Å². The molecule has 0 heterocycles. The molecule has 0 saturated heterocycles. The lowest BCUT2D eigenvalue weighted by Crippen LogP contribution is -2.51. The molecule has 2 aromatic rings. The zero-order valence-electron chi connectivity index (χ0n) is 29.5. The summed E-state index contributed by atoms with van der Waals surface area (Å²) in [5, 5.41) is 21.0. The zero-order valence-corrected chi connectivity index (χ0v) is 29.5. The first-order valence-electron chi connectivity index (χ1n) is 18.0. The second-order valence-electron chi connectivity index (χ2n) is 12.7. The van der Waals surface area contributed by atoms with Gasteiger partial charge in [0.2, 0.25) is 11.8 Å². The highest BCUT2D eigenvalue weighted by Gasteiger charge is 2.33. The summed E-state index contributed by atoms with van der Waals surface area (Å²) in [4.78, 5) is 52.5. The number of hydrogen-bond acceptors (Lipinski definition) is 6. The molecule has 4 amide bonds. The number of amides is 4. The first-order valence-corrected chi connectivity index (χ1v) is 18.0. The van der Waals surface area contributed by atoms with Crippen molar-refractivity contribution >= 4 is 23.6 Å². The number of unbranched alkanes of at least 4 members (excludes halogenated alkanes) is 9. The number of phenols is 2. The van der Waals surface area contributed by atoms with Crippen molar-refractivity contribution in [1.29, 1.82) is 0 Å². The predicted molar refractivity (Wildman–Crippen MR) is 189 cm³/mol. The molecule has 0 spiro atoms. The fourth-order valence-corrected chi connectivity index (χ4v) is 5.88. The molecule has 2 aromatic carbocycles. The topological polar surface area (TPSA) is 157 Å². The number of aromatic hydroxyl groups is 2. The fourth-order valence-electron chi connectivity index (χ4n) is 5.88. The van der Waals surface area contributed by atoms with E-state index in [0.717, 1.165) is 94.6 Å². The Balaban J connectivity index is 2.04. The minimum Gasteiger partial charge on any atom is -0.507 e. The monoisotopic (exact) mass is 666 g/mol. The largest absolute Gasteiger partial charge is 0.507 e. The number of hydrazine groups is 2. The number of carbonyl (C=O) groups excluding carboxylic acids is 4. The molecule has 266 valence electrons. The van der Waals surface area contributed by atoms with E-state index in [0.29, 0.717) is 19.3 Å². The van der Waals surface area contributed by atoms with Crippen LogP contribution in [0, 0.1) is 11.8 Å². The van der Waals surface area contributed by atoms with Crippen LogP contribution in [0.25, 0.3) is 0 Å². The summed E-state index contributed by atoms with van der Waals surface area (Å²) < 4.78 is 0. The molecule has 0 bridgehead atoms. The van der Waals surface area contributed by atoms with Gasteiger partial charge in [0, 0.05) is 0 Å². The van der Waals surface area contributed by atoms with Crippen LogP contribution < -0.4 is 21.7 Å². The van der Waals surface area contributed by atoms with E-state index in [-0.39, 0.29) is 22.6 Å².